The van der Waals surface area contributed by atoms with Gasteiger partial charge in [0.05, 0.1) is 22.8 Å². The van der Waals surface area contributed by atoms with Crippen molar-refractivity contribution in [2.45, 2.75) is 20.3 Å². The van der Waals surface area contributed by atoms with Gasteiger partial charge < -0.3 is 10.1 Å². The molecule has 1 N–H and O–H groups in total. The van der Waals surface area contributed by atoms with Gasteiger partial charge in [-0.25, -0.2) is 0 Å². The lowest BCUT2D eigenvalue weighted by Crippen LogP contribution is -2.13. The molecule has 8 heteroatoms. The first kappa shape index (κ1) is 21.2. The normalized spacial score (nSPS) is 11.0. The van der Waals surface area contributed by atoms with Gasteiger partial charge >= 0.3 is 0 Å². The lowest BCUT2D eigenvalue weighted by atomic mass is 10.1. The van der Waals surface area contributed by atoms with E-state index in [1.165, 1.54) is 24.8 Å². The first-order valence-electron chi connectivity index (χ1n) is 9.71. The third kappa shape index (κ3) is 4.22. The fourth-order valence-corrected chi connectivity index (χ4v) is 3.90. The minimum atomic E-state index is -0.337. The van der Waals surface area contributed by atoms with Gasteiger partial charge in [0, 0.05) is 11.3 Å². The molecule has 0 radical (unpaired) electrons. The second-order valence-electron chi connectivity index (χ2n) is 7.09. The van der Waals surface area contributed by atoms with Gasteiger partial charge in [-0.1, -0.05) is 42.3 Å². The molecular weight excluding hydrogens is 435 g/mol. The van der Waals surface area contributed by atoms with Crippen LogP contribution in [0.1, 0.15) is 28.4 Å². The Morgan fingerprint density at radius 3 is 2.23 bits per heavy atom. The van der Waals surface area contributed by atoms with Crippen LogP contribution in [-0.4, -0.2) is 28.0 Å². The van der Waals surface area contributed by atoms with E-state index in [2.05, 4.69) is 34.6 Å². The minimum absolute atomic E-state index is 0.268. The summed E-state index contributed by atoms with van der Waals surface area (Å²) in [7, 11) is 1.47. The quantitative estimate of drug-likeness (QED) is 0.409. The molecule has 0 atom stereocenters. The van der Waals surface area contributed by atoms with Crippen LogP contribution in [0, 0.1) is 6.92 Å². The third-order valence-electron chi connectivity index (χ3n) is 5.01. The number of methoxy groups -OCH3 is 1. The van der Waals surface area contributed by atoms with Gasteiger partial charge in [-0.2, -0.15) is 4.80 Å². The Morgan fingerprint density at radius 1 is 1.03 bits per heavy atom. The highest BCUT2D eigenvalue weighted by Gasteiger charge is 2.16. The van der Waals surface area contributed by atoms with Gasteiger partial charge in [0.1, 0.15) is 11.0 Å². The molecule has 1 aromatic heterocycles. The molecule has 158 valence electrons. The monoisotopic (exact) mass is 454 g/mol. The molecule has 0 unspecified atom stereocenters. The molecule has 4 rings (SSSR count). The average Bonchev–Trinajstić information content (AvgIpc) is 3.16. The van der Waals surface area contributed by atoms with E-state index >= 15 is 0 Å². The Morgan fingerprint density at radius 2 is 1.65 bits per heavy atom. The standard InChI is InChI=1S/C23H20Cl2N4O2/c1-4-14-5-7-16(8-6-14)29-27-20-9-13(2)19(12-21(20)28-29)26-23(30)15-10-17(24)22(31-3)18(25)11-15/h5-12H,4H2,1-3H3,(H,26,30). The van der Waals surface area contributed by atoms with Crippen molar-refractivity contribution < 1.29 is 9.53 Å². The maximum atomic E-state index is 12.8. The maximum absolute atomic E-state index is 12.8. The Labute approximate surface area is 189 Å². The number of amides is 1. The van der Waals surface area contributed by atoms with Crippen molar-refractivity contribution in [3.05, 3.63) is 75.3 Å². The Kier molecular flexibility index (Phi) is 5.85. The number of hydrogen-bond acceptors (Lipinski definition) is 4. The summed E-state index contributed by atoms with van der Waals surface area (Å²) in [4.78, 5) is 14.4. The van der Waals surface area contributed by atoms with Gasteiger partial charge in [-0.05, 0) is 60.9 Å². The number of aromatic nitrogens is 3. The van der Waals surface area contributed by atoms with Crippen LogP contribution in [0.5, 0.6) is 5.75 Å². The highest BCUT2D eigenvalue weighted by molar-refractivity contribution is 6.37. The highest BCUT2D eigenvalue weighted by atomic mass is 35.5. The van der Waals surface area contributed by atoms with Gasteiger partial charge in [0.15, 0.2) is 5.75 Å². The molecular formula is C23H20Cl2N4O2. The van der Waals surface area contributed by atoms with E-state index in [4.69, 9.17) is 27.9 Å². The van der Waals surface area contributed by atoms with Crippen LogP contribution in [0.3, 0.4) is 0 Å². The van der Waals surface area contributed by atoms with Crippen molar-refractivity contribution >= 4 is 45.8 Å². The zero-order valence-electron chi connectivity index (χ0n) is 17.2. The molecule has 0 aliphatic heterocycles. The van der Waals surface area contributed by atoms with Crippen LogP contribution in [0.15, 0.2) is 48.5 Å². The number of anilines is 1. The minimum Gasteiger partial charge on any atom is -0.494 e. The maximum Gasteiger partial charge on any atom is 0.255 e. The lowest BCUT2D eigenvalue weighted by Gasteiger charge is -2.11. The fraction of sp³-hybridized carbons (Fsp3) is 0.174. The predicted molar refractivity (Wildman–Crippen MR) is 124 cm³/mol. The predicted octanol–water partition coefficient (Wildman–Crippen LogP) is 5.86. The molecule has 0 bridgehead atoms. The van der Waals surface area contributed by atoms with Crippen LogP contribution in [0.25, 0.3) is 16.7 Å². The molecule has 0 saturated heterocycles. The van der Waals surface area contributed by atoms with Crippen molar-refractivity contribution in [3.8, 4) is 11.4 Å². The summed E-state index contributed by atoms with van der Waals surface area (Å²) in [5.74, 6) is -0.00230. The second kappa shape index (κ2) is 8.57. The van der Waals surface area contributed by atoms with Crippen molar-refractivity contribution in [2.75, 3.05) is 12.4 Å². The van der Waals surface area contributed by atoms with Gasteiger partial charge in [-0.15, -0.1) is 10.2 Å². The number of benzene rings is 3. The van der Waals surface area contributed by atoms with Crippen LogP contribution in [0.2, 0.25) is 10.0 Å². The number of halogens is 2. The number of rotatable bonds is 5. The first-order valence-corrected chi connectivity index (χ1v) is 10.5. The van der Waals surface area contributed by atoms with E-state index in [0.29, 0.717) is 22.5 Å². The van der Waals surface area contributed by atoms with E-state index in [9.17, 15) is 4.79 Å². The first-order chi connectivity index (χ1) is 14.9. The summed E-state index contributed by atoms with van der Waals surface area (Å²) in [5, 5.41) is 12.6. The molecule has 0 fully saturated rings. The number of carbonyl (C=O) groups excluding carboxylic acids is 1. The molecule has 1 amide bonds. The van der Waals surface area contributed by atoms with Crippen molar-refractivity contribution in [1.29, 1.82) is 0 Å². The van der Waals surface area contributed by atoms with Gasteiger partial charge in [0.25, 0.3) is 5.91 Å². The third-order valence-corrected chi connectivity index (χ3v) is 5.58. The van der Waals surface area contributed by atoms with E-state index < -0.39 is 0 Å². The molecule has 0 saturated carbocycles. The van der Waals surface area contributed by atoms with Crippen LogP contribution < -0.4 is 10.1 Å². The number of hydrogen-bond donors (Lipinski definition) is 1. The number of nitrogens with zero attached hydrogens (tertiary/aromatic N) is 3. The number of ether oxygens (including phenoxy) is 1. The molecule has 3 aromatic carbocycles. The molecule has 1 heterocycles. The zero-order chi connectivity index (χ0) is 22.1. The van der Waals surface area contributed by atoms with Crippen molar-refractivity contribution in [1.82, 2.24) is 15.0 Å². The van der Waals surface area contributed by atoms with Crippen molar-refractivity contribution in [3.63, 3.8) is 0 Å². The Balaban J connectivity index is 1.63. The number of carbonyl (C=O) groups is 1. The smallest absolute Gasteiger partial charge is 0.255 e. The highest BCUT2D eigenvalue weighted by Crippen LogP contribution is 2.34. The van der Waals surface area contributed by atoms with Crippen LogP contribution in [0.4, 0.5) is 5.69 Å². The summed E-state index contributed by atoms with van der Waals surface area (Å²) < 4.78 is 5.13. The lowest BCUT2D eigenvalue weighted by molar-refractivity contribution is 0.102. The molecule has 4 aromatic rings. The van der Waals surface area contributed by atoms with Crippen LogP contribution in [-0.2, 0) is 6.42 Å². The SMILES string of the molecule is CCc1ccc(-n2nc3cc(C)c(NC(=O)c4cc(Cl)c(OC)c(Cl)c4)cc3n2)cc1. The fourth-order valence-electron chi connectivity index (χ4n) is 3.26. The Bertz CT molecular complexity index is 1260. The zero-order valence-corrected chi connectivity index (χ0v) is 18.8. The summed E-state index contributed by atoms with van der Waals surface area (Å²) in [6.07, 6.45) is 0.974. The van der Waals surface area contributed by atoms with E-state index in [-0.39, 0.29) is 16.0 Å². The Hall–Kier alpha value is -3.09. The molecule has 0 aliphatic rings. The summed E-state index contributed by atoms with van der Waals surface area (Å²) in [5.41, 5.74) is 5.36. The van der Waals surface area contributed by atoms with Crippen LogP contribution >= 0.6 is 23.2 Å². The van der Waals surface area contributed by atoms with E-state index in [1.807, 2.05) is 25.1 Å². The number of nitrogens with one attached hydrogen (secondary N) is 1. The molecule has 0 aliphatic carbocycles. The average molecular weight is 455 g/mol. The van der Waals surface area contributed by atoms with Crippen molar-refractivity contribution in [2.24, 2.45) is 0 Å². The summed E-state index contributed by atoms with van der Waals surface area (Å²) in [6, 6.07) is 14.8. The molecule has 6 nitrogen and oxygen atoms in total. The number of fused-ring (bicyclic) bond motifs is 1. The molecule has 0 spiro atoms. The van der Waals surface area contributed by atoms with E-state index in [0.717, 1.165) is 23.2 Å². The van der Waals surface area contributed by atoms with Gasteiger partial charge in [0.2, 0.25) is 0 Å². The van der Waals surface area contributed by atoms with Gasteiger partial charge in [-0.3, -0.25) is 4.79 Å². The second-order valence-corrected chi connectivity index (χ2v) is 7.91. The van der Waals surface area contributed by atoms with E-state index in [1.54, 1.807) is 10.9 Å². The summed E-state index contributed by atoms with van der Waals surface area (Å²) in [6.45, 7) is 4.01. The number of aryl methyl sites for hydroxylation is 2. The topological polar surface area (TPSA) is 69.0 Å². The summed E-state index contributed by atoms with van der Waals surface area (Å²) >= 11 is 12.3. The largest absolute Gasteiger partial charge is 0.494 e. The molecule has 31 heavy (non-hydrogen) atoms.